The van der Waals surface area contributed by atoms with Gasteiger partial charge in [-0.05, 0) is 37.9 Å². The average molecular weight is 329 g/mol. The molecular weight excluding hydrogens is 328 g/mol. The van der Waals surface area contributed by atoms with Gasteiger partial charge >= 0.3 is 0 Å². The van der Waals surface area contributed by atoms with Gasteiger partial charge in [-0.15, -0.1) is 0 Å². The predicted molar refractivity (Wildman–Crippen MR) is 54.6 cm³/mol. The number of halogens is 4. The second-order valence-corrected chi connectivity index (χ2v) is 4.07. The van der Waals surface area contributed by atoms with E-state index in [0.717, 1.165) is 0 Å². The molecule has 0 aliphatic heterocycles. The van der Waals surface area contributed by atoms with E-state index in [1.54, 1.807) is 0 Å². The fourth-order valence-electron chi connectivity index (χ4n) is 0.705. The van der Waals surface area contributed by atoms with Gasteiger partial charge in [0.1, 0.15) is 5.69 Å². The molecule has 0 aliphatic carbocycles. The summed E-state index contributed by atoms with van der Waals surface area (Å²) < 4.78 is 13.6. The van der Waals surface area contributed by atoms with Crippen LogP contribution in [0.4, 0.5) is 10.1 Å². The third-order valence-corrected chi connectivity index (χ3v) is 2.85. The van der Waals surface area contributed by atoms with E-state index in [9.17, 15) is 9.18 Å². The van der Waals surface area contributed by atoms with Crippen LogP contribution < -0.4 is 0 Å². The maximum atomic E-state index is 13.1. The fraction of sp³-hybridized carbons (Fsp3) is 0. The average Bonchev–Trinajstić information content (AvgIpc) is 2.09. The number of carbonyl (C=O) groups excluding carboxylic acids is 1. The first-order valence-electron chi connectivity index (χ1n) is 2.98. The van der Waals surface area contributed by atoms with Crippen molar-refractivity contribution in [2.75, 3.05) is 0 Å². The fourth-order valence-corrected chi connectivity index (χ4v) is 2.45. The Labute approximate surface area is 95.1 Å². The van der Waals surface area contributed by atoms with Crippen LogP contribution in [0.25, 0.3) is 0 Å². The van der Waals surface area contributed by atoms with Gasteiger partial charge in [0.15, 0.2) is 5.82 Å². The third kappa shape index (κ3) is 2.17. The molecule has 0 aliphatic rings. The van der Waals surface area contributed by atoms with Gasteiger partial charge in [-0.3, -0.25) is 0 Å². The molecule has 0 unspecified atom stereocenters. The molecule has 0 N–H and O–H groups in total. The Bertz CT molecular complexity index is 404. The summed E-state index contributed by atoms with van der Waals surface area (Å²) in [5.74, 6) is -0.654. The quantitative estimate of drug-likeness (QED) is 0.332. The summed E-state index contributed by atoms with van der Waals surface area (Å²) in [6.45, 7) is 0. The number of aliphatic imine (C=N–C) groups is 1. The van der Waals surface area contributed by atoms with E-state index in [2.05, 4.69) is 36.9 Å². The lowest BCUT2D eigenvalue weighted by atomic mass is 10.3. The Kier molecular flexibility index (Phi) is 3.62. The van der Waals surface area contributed by atoms with Gasteiger partial charge < -0.3 is 0 Å². The first-order chi connectivity index (χ1) is 6.07. The summed E-state index contributed by atoms with van der Waals surface area (Å²) in [6.07, 6.45) is 1.32. The van der Waals surface area contributed by atoms with E-state index in [1.807, 2.05) is 0 Å². The van der Waals surface area contributed by atoms with Crippen LogP contribution in [0.5, 0.6) is 0 Å². The SMILES string of the molecule is O=C=Nc1c(Br)cc(Cl)c(F)c1Br. The molecule has 0 fully saturated rings. The molecular formula is C7HBr2ClFNO. The van der Waals surface area contributed by atoms with E-state index in [4.69, 9.17) is 11.6 Å². The topological polar surface area (TPSA) is 29.4 Å². The molecule has 0 heterocycles. The summed E-state index contributed by atoms with van der Waals surface area (Å²) in [5.41, 5.74) is 0.136. The highest BCUT2D eigenvalue weighted by molar-refractivity contribution is 9.11. The Morgan fingerprint density at radius 1 is 1.54 bits per heavy atom. The summed E-state index contributed by atoms with van der Waals surface area (Å²) in [5, 5.41) is -0.0522. The zero-order chi connectivity index (χ0) is 10.0. The lowest BCUT2D eigenvalue weighted by Crippen LogP contribution is -1.82. The Hall–Kier alpha value is -0.220. The van der Waals surface area contributed by atoms with Crippen LogP contribution in [0.2, 0.25) is 5.02 Å². The monoisotopic (exact) mass is 327 g/mol. The Morgan fingerprint density at radius 2 is 2.15 bits per heavy atom. The van der Waals surface area contributed by atoms with Gasteiger partial charge in [-0.1, -0.05) is 11.6 Å². The van der Waals surface area contributed by atoms with Gasteiger partial charge in [0.2, 0.25) is 6.08 Å². The van der Waals surface area contributed by atoms with Crippen molar-refractivity contribution in [2.24, 2.45) is 4.99 Å². The normalized spacial score (nSPS) is 9.54. The molecule has 0 saturated heterocycles. The minimum absolute atomic E-state index is 0.0372. The highest BCUT2D eigenvalue weighted by atomic mass is 79.9. The molecule has 0 bridgehead atoms. The number of rotatable bonds is 1. The minimum Gasteiger partial charge on any atom is -0.211 e. The predicted octanol–water partition coefficient (Wildman–Crippen LogP) is 3.97. The second-order valence-electron chi connectivity index (χ2n) is 2.02. The van der Waals surface area contributed by atoms with E-state index in [-0.39, 0.29) is 15.2 Å². The third-order valence-electron chi connectivity index (χ3n) is 1.25. The van der Waals surface area contributed by atoms with Crippen molar-refractivity contribution in [2.45, 2.75) is 0 Å². The highest BCUT2D eigenvalue weighted by Gasteiger charge is 2.13. The molecule has 68 valence electrons. The van der Waals surface area contributed by atoms with Crippen molar-refractivity contribution < 1.29 is 9.18 Å². The van der Waals surface area contributed by atoms with Crippen molar-refractivity contribution in [1.82, 2.24) is 0 Å². The van der Waals surface area contributed by atoms with Gasteiger partial charge in [-0.2, -0.15) is 4.99 Å². The molecule has 0 amide bonds. The van der Waals surface area contributed by atoms with Crippen molar-refractivity contribution in [3.63, 3.8) is 0 Å². The maximum Gasteiger partial charge on any atom is 0.240 e. The zero-order valence-corrected chi connectivity index (χ0v) is 9.87. The first-order valence-corrected chi connectivity index (χ1v) is 4.95. The smallest absolute Gasteiger partial charge is 0.211 e. The number of hydrogen-bond donors (Lipinski definition) is 0. The Balaban J connectivity index is 3.52. The van der Waals surface area contributed by atoms with Gasteiger partial charge in [0.05, 0.1) is 9.50 Å². The molecule has 2 nitrogen and oxygen atoms in total. The van der Waals surface area contributed by atoms with Gasteiger partial charge in [-0.25, -0.2) is 9.18 Å². The lowest BCUT2D eigenvalue weighted by Gasteiger charge is -2.02. The lowest BCUT2D eigenvalue weighted by molar-refractivity contribution is 0.565. The van der Waals surface area contributed by atoms with Crippen LogP contribution >= 0.6 is 43.5 Å². The number of nitrogens with zero attached hydrogens (tertiary/aromatic N) is 1. The zero-order valence-electron chi connectivity index (χ0n) is 5.94. The Morgan fingerprint density at radius 3 is 2.69 bits per heavy atom. The second kappa shape index (κ2) is 4.33. The summed E-state index contributed by atoms with van der Waals surface area (Å²) in [7, 11) is 0. The first kappa shape index (κ1) is 10.9. The standard InChI is InChI=1S/C7HBr2ClFNO/c8-3-1-4(10)6(11)5(9)7(3)12-2-13/h1H. The molecule has 1 rings (SSSR count). The van der Waals surface area contributed by atoms with Gasteiger partial charge in [0.25, 0.3) is 0 Å². The van der Waals surface area contributed by atoms with E-state index in [1.165, 1.54) is 12.1 Å². The van der Waals surface area contributed by atoms with Crippen LogP contribution in [0.1, 0.15) is 0 Å². The molecule has 0 aromatic heterocycles. The molecule has 0 radical (unpaired) electrons. The van der Waals surface area contributed by atoms with Crippen molar-refractivity contribution in [1.29, 1.82) is 0 Å². The largest absolute Gasteiger partial charge is 0.240 e. The van der Waals surface area contributed by atoms with E-state index in [0.29, 0.717) is 4.47 Å². The molecule has 1 aromatic rings. The maximum absolute atomic E-state index is 13.1. The summed E-state index contributed by atoms with van der Waals surface area (Å²) in [6, 6.07) is 1.32. The number of isocyanates is 1. The van der Waals surface area contributed by atoms with Gasteiger partial charge in [0, 0.05) is 4.47 Å². The van der Waals surface area contributed by atoms with Crippen LogP contribution in [0.15, 0.2) is 20.0 Å². The molecule has 0 spiro atoms. The van der Waals surface area contributed by atoms with E-state index < -0.39 is 5.82 Å². The van der Waals surface area contributed by atoms with Crippen LogP contribution in [-0.2, 0) is 4.79 Å². The molecule has 1 aromatic carbocycles. The summed E-state index contributed by atoms with van der Waals surface area (Å²) in [4.78, 5) is 13.3. The van der Waals surface area contributed by atoms with Crippen LogP contribution in [0, 0.1) is 5.82 Å². The molecule has 0 saturated carbocycles. The van der Waals surface area contributed by atoms with Crippen molar-refractivity contribution in [3.8, 4) is 0 Å². The molecule has 13 heavy (non-hydrogen) atoms. The van der Waals surface area contributed by atoms with Crippen LogP contribution in [0.3, 0.4) is 0 Å². The molecule has 6 heteroatoms. The van der Waals surface area contributed by atoms with Crippen molar-refractivity contribution >= 4 is 55.2 Å². The number of hydrogen-bond acceptors (Lipinski definition) is 2. The molecule has 0 atom stereocenters. The van der Waals surface area contributed by atoms with E-state index >= 15 is 0 Å². The van der Waals surface area contributed by atoms with Crippen molar-refractivity contribution in [3.05, 3.63) is 25.9 Å². The van der Waals surface area contributed by atoms with Crippen LogP contribution in [-0.4, -0.2) is 6.08 Å². The highest BCUT2D eigenvalue weighted by Crippen LogP contribution is 2.38. The summed E-state index contributed by atoms with van der Waals surface area (Å²) >= 11 is 11.5. The number of benzene rings is 1. The minimum atomic E-state index is -0.654.